The third-order valence-electron chi connectivity index (χ3n) is 5.38. The minimum absolute atomic E-state index is 0.0362. The predicted molar refractivity (Wildman–Crippen MR) is 106 cm³/mol. The Hall–Kier alpha value is -2.62. The zero-order valence-corrected chi connectivity index (χ0v) is 16.1. The molecule has 3 rings (SSSR count). The second-order valence-electron chi connectivity index (χ2n) is 8.15. The van der Waals surface area contributed by atoms with Crippen molar-refractivity contribution >= 4 is 23.1 Å². The summed E-state index contributed by atoms with van der Waals surface area (Å²) in [6.07, 6.45) is 0.530. The molecule has 1 aliphatic heterocycles. The molecule has 4 heteroatoms. The van der Waals surface area contributed by atoms with Crippen molar-refractivity contribution in [3.63, 3.8) is 0 Å². The highest BCUT2D eigenvalue weighted by atomic mass is 16.2. The summed E-state index contributed by atoms with van der Waals surface area (Å²) in [5.74, 6) is 0.0199. The number of anilines is 2. The van der Waals surface area contributed by atoms with Crippen molar-refractivity contribution < 1.29 is 9.59 Å². The van der Waals surface area contributed by atoms with Gasteiger partial charge in [0, 0.05) is 29.4 Å². The minimum atomic E-state index is -0.755. The lowest BCUT2D eigenvalue weighted by Crippen LogP contribution is -2.57. The van der Waals surface area contributed by atoms with Gasteiger partial charge in [0.2, 0.25) is 5.91 Å². The van der Waals surface area contributed by atoms with Crippen LogP contribution in [0.1, 0.15) is 55.6 Å². The first-order valence-corrected chi connectivity index (χ1v) is 8.88. The summed E-state index contributed by atoms with van der Waals surface area (Å²) in [6.45, 7) is 9.54. The number of Topliss-reactive ketones (excluding diaryl/α,β-unsaturated/α-hetero) is 1. The summed E-state index contributed by atoms with van der Waals surface area (Å²) < 4.78 is 0. The summed E-state index contributed by atoms with van der Waals surface area (Å²) in [4.78, 5) is 27.7. The number of hydrogen-bond acceptors (Lipinski definition) is 3. The fourth-order valence-electron chi connectivity index (χ4n) is 4.38. The normalized spacial score (nSPS) is 21.2. The molecular formula is C22H26N2O2. The SMILES string of the molecule is CC(=O)N1c2ccc(N)cc2C(C)(C(=O)c2ccc(C)cc2)CC1(C)C. The van der Waals surface area contributed by atoms with E-state index in [2.05, 4.69) is 0 Å². The molecule has 1 unspecified atom stereocenters. The van der Waals surface area contributed by atoms with Crippen molar-refractivity contribution in [1.29, 1.82) is 0 Å². The number of fused-ring (bicyclic) bond motifs is 1. The third kappa shape index (κ3) is 2.79. The Balaban J connectivity index is 2.22. The number of amides is 1. The van der Waals surface area contributed by atoms with Gasteiger partial charge in [-0.25, -0.2) is 0 Å². The second-order valence-corrected chi connectivity index (χ2v) is 8.15. The van der Waals surface area contributed by atoms with E-state index in [1.54, 1.807) is 17.9 Å². The molecule has 1 amide bonds. The first-order valence-electron chi connectivity index (χ1n) is 8.88. The molecule has 0 fully saturated rings. The van der Waals surface area contributed by atoms with Gasteiger partial charge >= 0.3 is 0 Å². The molecule has 0 aromatic heterocycles. The number of rotatable bonds is 2. The Labute approximate surface area is 155 Å². The van der Waals surface area contributed by atoms with Crippen molar-refractivity contribution in [2.75, 3.05) is 10.6 Å². The molecule has 136 valence electrons. The number of nitrogens with two attached hydrogens (primary N) is 1. The van der Waals surface area contributed by atoms with E-state index in [-0.39, 0.29) is 11.7 Å². The number of hydrogen-bond donors (Lipinski definition) is 1. The molecule has 26 heavy (non-hydrogen) atoms. The molecule has 4 nitrogen and oxygen atoms in total. The largest absolute Gasteiger partial charge is 0.399 e. The van der Waals surface area contributed by atoms with Crippen LogP contribution in [0, 0.1) is 6.92 Å². The maximum atomic E-state index is 13.5. The molecule has 2 N–H and O–H groups in total. The molecular weight excluding hydrogens is 324 g/mol. The van der Waals surface area contributed by atoms with Crippen LogP contribution in [0.3, 0.4) is 0 Å². The molecule has 2 aromatic rings. The maximum Gasteiger partial charge on any atom is 0.224 e. The lowest BCUT2D eigenvalue weighted by molar-refractivity contribution is -0.117. The molecule has 1 aliphatic rings. The lowest BCUT2D eigenvalue weighted by Gasteiger charge is -2.50. The van der Waals surface area contributed by atoms with E-state index >= 15 is 0 Å². The Morgan fingerprint density at radius 3 is 2.23 bits per heavy atom. The number of carbonyl (C=O) groups excluding carboxylic acids is 2. The first kappa shape index (κ1) is 18.2. The summed E-state index contributed by atoms with van der Waals surface area (Å²) in [6, 6.07) is 13.1. The van der Waals surface area contributed by atoms with Gasteiger partial charge in [-0.1, -0.05) is 29.8 Å². The zero-order valence-electron chi connectivity index (χ0n) is 16.1. The van der Waals surface area contributed by atoms with Crippen molar-refractivity contribution in [3.05, 3.63) is 59.2 Å². The molecule has 2 aromatic carbocycles. The highest BCUT2D eigenvalue weighted by Gasteiger charge is 2.50. The van der Waals surface area contributed by atoms with E-state index in [4.69, 9.17) is 5.73 Å². The molecule has 0 saturated carbocycles. The molecule has 0 spiro atoms. The van der Waals surface area contributed by atoms with E-state index < -0.39 is 11.0 Å². The Morgan fingerprint density at radius 2 is 1.65 bits per heavy atom. The van der Waals surface area contributed by atoms with Crippen molar-refractivity contribution in [3.8, 4) is 0 Å². The highest BCUT2D eigenvalue weighted by molar-refractivity contribution is 6.07. The number of aryl methyl sites for hydroxylation is 1. The van der Waals surface area contributed by atoms with E-state index in [1.807, 2.05) is 64.1 Å². The van der Waals surface area contributed by atoms with E-state index in [0.717, 1.165) is 16.8 Å². The summed E-state index contributed by atoms with van der Waals surface area (Å²) in [7, 11) is 0. The van der Waals surface area contributed by atoms with Gasteiger partial charge in [0.25, 0.3) is 0 Å². The maximum absolute atomic E-state index is 13.5. The lowest BCUT2D eigenvalue weighted by atomic mass is 9.65. The summed E-state index contributed by atoms with van der Waals surface area (Å²) >= 11 is 0. The van der Waals surface area contributed by atoms with Gasteiger partial charge < -0.3 is 10.6 Å². The Bertz CT molecular complexity index is 884. The zero-order chi connectivity index (χ0) is 19.3. The molecule has 0 aliphatic carbocycles. The van der Waals surface area contributed by atoms with Gasteiger partial charge in [-0.2, -0.15) is 0 Å². The van der Waals surface area contributed by atoms with Gasteiger partial charge in [-0.15, -0.1) is 0 Å². The summed E-state index contributed by atoms with van der Waals surface area (Å²) in [5.41, 5.74) is 8.77. The van der Waals surface area contributed by atoms with E-state index in [9.17, 15) is 9.59 Å². The quantitative estimate of drug-likeness (QED) is 0.650. The van der Waals surface area contributed by atoms with Gasteiger partial charge in [-0.3, -0.25) is 9.59 Å². The van der Waals surface area contributed by atoms with Gasteiger partial charge in [0.1, 0.15) is 0 Å². The second kappa shape index (κ2) is 5.97. The number of nitrogen functional groups attached to an aromatic ring is 1. The Kier molecular flexibility index (Phi) is 4.18. The molecule has 0 saturated heterocycles. The third-order valence-corrected chi connectivity index (χ3v) is 5.38. The number of nitrogens with zero attached hydrogens (tertiary/aromatic N) is 1. The Morgan fingerprint density at radius 1 is 1.04 bits per heavy atom. The molecule has 1 heterocycles. The van der Waals surface area contributed by atoms with Crippen molar-refractivity contribution in [2.45, 2.75) is 52.0 Å². The fraction of sp³-hybridized carbons (Fsp3) is 0.364. The molecule has 0 bridgehead atoms. The standard InChI is InChI=1S/C22H26N2O2/c1-14-6-8-16(9-7-14)20(26)22(5)13-21(3,4)24(15(2)25)19-11-10-17(23)12-18(19)22/h6-12H,13,23H2,1-5H3. The van der Waals surface area contributed by atoms with Gasteiger partial charge in [0.05, 0.1) is 5.41 Å². The van der Waals surface area contributed by atoms with Crippen LogP contribution < -0.4 is 10.6 Å². The minimum Gasteiger partial charge on any atom is -0.399 e. The fourth-order valence-corrected chi connectivity index (χ4v) is 4.38. The van der Waals surface area contributed by atoms with Gasteiger partial charge in [-0.05, 0) is 57.9 Å². The van der Waals surface area contributed by atoms with E-state index in [1.165, 1.54) is 0 Å². The van der Waals surface area contributed by atoms with Gasteiger partial charge in [0.15, 0.2) is 5.78 Å². The smallest absolute Gasteiger partial charge is 0.224 e. The summed E-state index contributed by atoms with van der Waals surface area (Å²) in [5, 5.41) is 0. The number of carbonyl (C=O) groups is 2. The topological polar surface area (TPSA) is 63.4 Å². The van der Waals surface area contributed by atoms with Crippen LogP contribution in [0.5, 0.6) is 0 Å². The number of ketones is 1. The van der Waals surface area contributed by atoms with Crippen LogP contribution in [0.4, 0.5) is 11.4 Å². The van der Waals surface area contributed by atoms with Crippen LogP contribution >= 0.6 is 0 Å². The predicted octanol–water partition coefficient (Wildman–Crippen LogP) is 4.25. The van der Waals surface area contributed by atoms with Crippen molar-refractivity contribution in [2.24, 2.45) is 0 Å². The average Bonchev–Trinajstić information content (AvgIpc) is 2.54. The van der Waals surface area contributed by atoms with Crippen LogP contribution in [0.25, 0.3) is 0 Å². The number of benzene rings is 2. The van der Waals surface area contributed by atoms with Crippen LogP contribution in [0.15, 0.2) is 42.5 Å². The molecule has 1 atom stereocenters. The van der Waals surface area contributed by atoms with Crippen LogP contribution in [-0.2, 0) is 10.2 Å². The highest BCUT2D eigenvalue weighted by Crippen LogP contribution is 2.49. The first-order chi connectivity index (χ1) is 12.1. The van der Waals surface area contributed by atoms with Crippen molar-refractivity contribution in [1.82, 2.24) is 0 Å². The average molecular weight is 350 g/mol. The molecule has 0 radical (unpaired) electrons. The monoisotopic (exact) mass is 350 g/mol. The van der Waals surface area contributed by atoms with Crippen LogP contribution in [-0.4, -0.2) is 17.2 Å². The van der Waals surface area contributed by atoms with Crippen LogP contribution in [0.2, 0.25) is 0 Å². The van der Waals surface area contributed by atoms with E-state index in [0.29, 0.717) is 17.7 Å².